The molecular formula is C12H19N3O3. The fourth-order valence-electron chi connectivity index (χ4n) is 1.70. The molecule has 0 spiro atoms. The van der Waals surface area contributed by atoms with Gasteiger partial charge in [-0.15, -0.1) is 0 Å². The second-order valence-electron chi connectivity index (χ2n) is 4.52. The second-order valence-corrected chi connectivity index (χ2v) is 4.52. The average molecular weight is 253 g/mol. The normalized spacial score (nSPS) is 12.5. The van der Waals surface area contributed by atoms with E-state index in [-0.39, 0.29) is 5.92 Å². The van der Waals surface area contributed by atoms with Crippen LogP contribution < -0.4 is 5.32 Å². The van der Waals surface area contributed by atoms with Crippen molar-refractivity contribution in [3.8, 4) is 0 Å². The van der Waals surface area contributed by atoms with Gasteiger partial charge in [0.05, 0.1) is 5.69 Å². The van der Waals surface area contributed by atoms with E-state index >= 15 is 0 Å². The van der Waals surface area contributed by atoms with Crippen LogP contribution in [0.2, 0.25) is 0 Å². The van der Waals surface area contributed by atoms with E-state index in [0.29, 0.717) is 12.2 Å². The smallest absolute Gasteiger partial charge is 0.326 e. The first-order chi connectivity index (χ1) is 8.36. The molecule has 100 valence electrons. The number of carbonyl (C=O) groups excluding carboxylic acids is 1. The van der Waals surface area contributed by atoms with E-state index < -0.39 is 17.9 Å². The molecule has 18 heavy (non-hydrogen) atoms. The minimum absolute atomic E-state index is 0.175. The van der Waals surface area contributed by atoms with Crippen LogP contribution in [0.15, 0.2) is 6.07 Å². The number of carboxylic acids is 1. The molecule has 1 atom stereocenters. The number of carbonyl (C=O) groups is 2. The Kier molecular flexibility index (Phi) is 4.47. The lowest BCUT2D eigenvalue weighted by Gasteiger charge is -2.17. The third kappa shape index (κ3) is 3.09. The summed E-state index contributed by atoms with van der Waals surface area (Å²) < 4.78 is 1.56. The number of aromatic nitrogens is 2. The summed E-state index contributed by atoms with van der Waals surface area (Å²) in [6.07, 6.45) is 0. The summed E-state index contributed by atoms with van der Waals surface area (Å²) in [7, 11) is 0. The number of aliphatic carboxylic acids is 1. The van der Waals surface area contributed by atoms with E-state index in [4.69, 9.17) is 5.11 Å². The number of aryl methyl sites for hydroxylation is 2. The van der Waals surface area contributed by atoms with Gasteiger partial charge in [0.25, 0.3) is 5.91 Å². The van der Waals surface area contributed by atoms with Crippen LogP contribution >= 0.6 is 0 Å². The number of nitrogens with zero attached hydrogens (tertiary/aromatic N) is 2. The monoisotopic (exact) mass is 253 g/mol. The average Bonchev–Trinajstić information content (AvgIpc) is 2.66. The molecule has 1 heterocycles. The Hall–Kier alpha value is -1.85. The summed E-state index contributed by atoms with van der Waals surface area (Å²) in [6.45, 7) is 7.74. The first-order valence-corrected chi connectivity index (χ1v) is 5.95. The Morgan fingerprint density at radius 2 is 2.11 bits per heavy atom. The van der Waals surface area contributed by atoms with Gasteiger partial charge < -0.3 is 10.4 Å². The highest BCUT2D eigenvalue weighted by atomic mass is 16.4. The maximum Gasteiger partial charge on any atom is 0.326 e. The summed E-state index contributed by atoms with van der Waals surface area (Å²) in [5.41, 5.74) is 1.13. The molecule has 0 aliphatic carbocycles. The largest absolute Gasteiger partial charge is 0.480 e. The number of hydrogen-bond donors (Lipinski definition) is 2. The van der Waals surface area contributed by atoms with Gasteiger partial charge >= 0.3 is 5.97 Å². The number of hydrogen-bond acceptors (Lipinski definition) is 3. The second kappa shape index (κ2) is 5.66. The molecule has 1 unspecified atom stereocenters. The van der Waals surface area contributed by atoms with Gasteiger partial charge in [0.2, 0.25) is 0 Å². The molecule has 1 aromatic rings. The van der Waals surface area contributed by atoms with Crippen molar-refractivity contribution in [2.75, 3.05) is 0 Å². The fourth-order valence-corrected chi connectivity index (χ4v) is 1.70. The third-order valence-corrected chi connectivity index (χ3v) is 2.65. The molecule has 2 N–H and O–H groups in total. The predicted octanol–water partition coefficient (Wildman–Crippen LogP) is 1.05. The van der Waals surface area contributed by atoms with Crippen molar-refractivity contribution in [2.45, 2.75) is 40.3 Å². The number of nitrogens with one attached hydrogen (secondary N) is 1. The Labute approximate surface area is 106 Å². The third-order valence-electron chi connectivity index (χ3n) is 2.65. The lowest BCUT2D eigenvalue weighted by molar-refractivity contribution is -0.140. The van der Waals surface area contributed by atoms with E-state index in [9.17, 15) is 9.59 Å². The van der Waals surface area contributed by atoms with Gasteiger partial charge in [-0.05, 0) is 25.8 Å². The molecule has 0 fully saturated rings. The van der Waals surface area contributed by atoms with Crippen LogP contribution in [0, 0.1) is 12.8 Å². The topological polar surface area (TPSA) is 84.2 Å². The molecule has 0 aliphatic rings. The quantitative estimate of drug-likeness (QED) is 0.821. The van der Waals surface area contributed by atoms with Crippen LogP contribution in [0.4, 0.5) is 0 Å². The van der Waals surface area contributed by atoms with Crippen molar-refractivity contribution in [2.24, 2.45) is 5.92 Å². The van der Waals surface area contributed by atoms with Crippen LogP contribution in [0.5, 0.6) is 0 Å². The molecule has 1 amide bonds. The van der Waals surface area contributed by atoms with Crippen LogP contribution in [0.25, 0.3) is 0 Å². The van der Waals surface area contributed by atoms with Gasteiger partial charge in [-0.25, -0.2) is 4.79 Å². The van der Waals surface area contributed by atoms with E-state index in [1.54, 1.807) is 31.5 Å². The molecule has 0 radical (unpaired) electrons. The number of carboxylic acid groups (broad SMARTS) is 1. The van der Waals surface area contributed by atoms with E-state index in [0.717, 1.165) is 5.69 Å². The number of amides is 1. The molecule has 6 heteroatoms. The molecule has 0 aliphatic heterocycles. The van der Waals surface area contributed by atoms with Gasteiger partial charge in [-0.3, -0.25) is 9.48 Å². The van der Waals surface area contributed by atoms with E-state index in [1.807, 2.05) is 6.92 Å². The summed E-state index contributed by atoms with van der Waals surface area (Å²) in [6, 6.07) is 0.760. The Morgan fingerprint density at radius 1 is 1.50 bits per heavy atom. The minimum Gasteiger partial charge on any atom is -0.480 e. The van der Waals surface area contributed by atoms with Crippen LogP contribution in [-0.4, -0.2) is 32.8 Å². The summed E-state index contributed by atoms with van der Waals surface area (Å²) >= 11 is 0. The highest BCUT2D eigenvalue weighted by Gasteiger charge is 2.25. The van der Waals surface area contributed by atoms with E-state index in [1.165, 1.54) is 0 Å². The van der Waals surface area contributed by atoms with Crippen LogP contribution in [0.1, 0.15) is 37.0 Å². The van der Waals surface area contributed by atoms with Gasteiger partial charge in [-0.2, -0.15) is 5.10 Å². The highest BCUT2D eigenvalue weighted by molar-refractivity contribution is 5.95. The summed E-state index contributed by atoms with van der Waals surface area (Å²) in [5, 5.41) is 15.7. The minimum atomic E-state index is -1.03. The molecule has 6 nitrogen and oxygen atoms in total. The lowest BCUT2D eigenvalue weighted by Crippen LogP contribution is -2.44. The fraction of sp³-hybridized carbons (Fsp3) is 0.583. The lowest BCUT2D eigenvalue weighted by atomic mass is 10.0. The van der Waals surface area contributed by atoms with Crippen molar-refractivity contribution in [1.82, 2.24) is 15.1 Å². The highest BCUT2D eigenvalue weighted by Crippen LogP contribution is 2.07. The molecular weight excluding hydrogens is 234 g/mol. The maximum atomic E-state index is 12.0. The van der Waals surface area contributed by atoms with Crippen molar-refractivity contribution in [1.29, 1.82) is 0 Å². The zero-order chi connectivity index (χ0) is 13.9. The summed E-state index contributed by atoms with van der Waals surface area (Å²) in [4.78, 5) is 23.1. The Bertz CT molecular complexity index is 451. The molecule has 0 bridgehead atoms. The Morgan fingerprint density at radius 3 is 2.56 bits per heavy atom. The zero-order valence-corrected chi connectivity index (χ0v) is 11.1. The maximum absolute atomic E-state index is 12.0. The van der Waals surface area contributed by atoms with Crippen LogP contribution in [0.3, 0.4) is 0 Å². The van der Waals surface area contributed by atoms with Crippen LogP contribution in [-0.2, 0) is 11.3 Å². The van der Waals surface area contributed by atoms with Crippen molar-refractivity contribution >= 4 is 11.9 Å². The summed E-state index contributed by atoms with van der Waals surface area (Å²) in [5.74, 6) is -1.61. The van der Waals surface area contributed by atoms with Crippen molar-refractivity contribution in [3.05, 3.63) is 17.5 Å². The van der Waals surface area contributed by atoms with E-state index in [2.05, 4.69) is 10.4 Å². The van der Waals surface area contributed by atoms with Crippen molar-refractivity contribution in [3.63, 3.8) is 0 Å². The first kappa shape index (κ1) is 14.2. The van der Waals surface area contributed by atoms with Gasteiger partial charge in [0.1, 0.15) is 11.7 Å². The standard InChI is InChI=1S/C12H19N3O3/c1-5-15-9(6-8(4)14-15)11(16)13-10(7(2)3)12(17)18/h6-7,10H,5H2,1-4H3,(H,13,16)(H,17,18). The van der Waals surface area contributed by atoms with Gasteiger partial charge in [0, 0.05) is 6.54 Å². The molecule has 1 aromatic heterocycles. The molecule has 0 saturated carbocycles. The first-order valence-electron chi connectivity index (χ1n) is 5.95. The number of rotatable bonds is 5. The van der Waals surface area contributed by atoms with Gasteiger partial charge in [0.15, 0.2) is 0 Å². The molecule has 1 rings (SSSR count). The predicted molar refractivity (Wildman–Crippen MR) is 66.4 cm³/mol. The van der Waals surface area contributed by atoms with Crippen molar-refractivity contribution < 1.29 is 14.7 Å². The Balaban J connectivity index is 2.90. The molecule has 0 aromatic carbocycles. The zero-order valence-electron chi connectivity index (χ0n) is 11.1. The van der Waals surface area contributed by atoms with Gasteiger partial charge in [-0.1, -0.05) is 13.8 Å². The SMILES string of the molecule is CCn1nc(C)cc1C(=O)NC(C(=O)O)C(C)C. The molecule has 0 saturated heterocycles.